The normalized spacial score (nSPS) is 28.5. The number of hydrogen-bond donors (Lipinski definition) is 1. The lowest BCUT2D eigenvalue weighted by Crippen LogP contribution is -2.32. The van der Waals surface area contributed by atoms with Crippen molar-refractivity contribution in [1.29, 1.82) is 0 Å². The predicted molar refractivity (Wildman–Crippen MR) is 77.6 cm³/mol. The average Bonchev–Trinajstić information content (AvgIpc) is 2.76. The highest BCUT2D eigenvalue weighted by molar-refractivity contribution is 8.00. The highest BCUT2D eigenvalue weighted by Crippen LogP contribution is 2.40. The molecular formula is C14H25N3S. The van der Waals surface area contributed by atoms with E-state index in [-0.39, 0.29) is 0 Å². The topological polar surface area (TPSA) is 43.8 Å². The highest BCUT2D eigenvalue weighted by atomic mass is 32.2. The van der Waals surface area contributed by atoms with E-state index in [1.165, 1.54) is 37.0 Å². The molecule has 3 atom stereocenters. The van der Waals surface area contributed by atoms with Gasteiger partial charge in [-0.3, -0.25) is 4.68 Å². The van der Waals surface area contributed by atoms with Crippen molar-refractivity contribution in [3.05, 3.63) is 12.4 Å². The van der Waals surface area contributed by atoms with E-state index in [4.69, 9.17) is 5.73 Å². The van der Waals surface area contributed by atoms with Crippen LogP contribution in [-0.4, -0.2) is 21.6 Å². The van der Waals surface area contributed by atoms with Gasteiger partial charge in [0.25, 0.3) is 0 Å². The lowest BCUT2D eigenvalue weighted by atomic mass is 9.80. The molecule has 1 aliphatic rings. The molecular weight excluding hydrogens is 242 g/mol. The van der Waals surface area contributed by atoms with Crippen molar-refractivity contribution in [3.8, 4) is 0 Å². The molecule has 3 unspecified atom stereocenters. The second kappa shape index (κ2) is 6.62. The fourth-order valence-corrected chi connectivity index (χ4v) is 4.47. The highest BCUT2D eigenvalue weighted by Gasteiger charge is 2.30. The zero-order chi connectivity index (χ0) is 13.0. The van der Waals surface area contributed by atoms with Crippen LogP contribution in [0.2, 0.25) is 0 Å². The van der Waals surface area contributed by atoms with E-state index in [1.54, 1.807) is 0 Å². The maximum absolute atomic E-state index is 5.94. The van der Waals surface area contributed by atoms with Gasteiger partial charge in [-0.05, 0) is 31.2 Å². The summed E-state index contributed by atoms with van der Waals surface area (Å²) < 4.78 is 1.88. The van der Waals surface area contributed by atoms with E-state index >= 15 is 0 Å². The van der Waals surface area contributed by atoms with Crippen molar-refractivity contribution in [2.24, 2.45) is 24.6 Å². The van der Waals surface area contributed by atoms with Crippen molar-refractivity contribution < 1.29 is 0 Å². The second-order valence-electron chi connectivity index (χ2n) is 5.47. The Labute approximate surface area is 115 Å². The first-order valence-electron chi connectivity index (χ1n) is 7.08. The molecule has 4 heteroatoms. The molecule has 0 saturated heterocycles. The molecule has 2 N–H and O–H groups in total. The monoisotopic (exact) mass is 267 g/mol. The van der Waals surface area contributed by atoms with Crippen LogP contribution in [0.5, 0.6) is 0 Å². The van der Waals surface area contributed by atoms with Gasteiger partial charge >= 0.3 is 0 Å². The summed E-state index contributed by atoms with van der Waals surface area (Å²) in [7, 11) is 1.98. The molecule has 1 heterocycles. The summed E-state index contributed by atoms with van der Waals surface area (Å²) in [6, 6.07) is 0. The largest absolute Gasteiger partial charge is 0.330 e. The number of rotatable bonds is 5. The lowest BCUT2D eigenvalue weighted by molar-refractivity contribution is 0.276. The predicted octanol–water partition coefficient (Wildman–Crippen LogP) is 3.06. The van der Waals surface area contributed by atoms with E-state index in [9.17, 15) is 0 Å². The van der Waals surface area contributed by atoms with Gasteiger partial charge in [-0.25, -0.2) is 0 Å². The van der Waals surface area contributed by atoms with E-state index in [2.05, 4.69) is 18.2 Å². The van der Waals surface area contributed by atoms with Crippen molar-refractivity contribution in [3.63, 3.8) is 0 Å². The summed E-state index contributed by atoms with van der Waals surface area (Å²) in [5.41, 5.74) is 5.94. The van der Waals surface area contributed by atoms with Crippen LogP contribution in [0, 0.1) is 11.8 Å². The van der Waals surface area contributed by atoms with Gasteiger partial charge in [-0.2, -0.15) is 5.10 Å². The third kappa shape index (κ3) is 3.51. The van der Waals surface area contributed by atoms with Gasteiger partial charge in [0.2, 0.25) is 0 Å². The number of nitrogens with two attached hydrogens (primary N) is 1. The van der Waals surface area contributed by atoms with Crippen LogP contribution in [-0.2, 0) is 7.05 Å². The van der Waals surface area contributed by atoms with Crippen LogP contribution in [0.1, 0.15) is 39.0 Å². The number of nitrogens with zero attached hydrogens (tertiary/aromatic N) is 2. The lowest BCUT2D eigenvalue weighted by Gasteiger charge is -2.35. The molecule has 3 nitrogen and oxygen atoms in total. The van der Waals surface area contributed by atoms with Crippen LogP contribution in [0.4, 0.5) is 0 Å². The molecule has 2 rings (SSSR count). The quantitative estimate of drug-likeness (QED) is 0.891. The Hall–Kier alpha value is -0.480. The minimum absolute atomic E-state index is 0.684. The van der Waals surface area contributed by atoms with Gasteiger partial charge in [0.05, 0.1) is 6.20 Å². The smallest absolute Gasteiger partial charge is 0.0625 e. The van der Waals surface area contributed by atoms with E-state index in [0.29, 0.717) is 11.2 Å². The third-order valence-electron chi connectivity index (χ3n) is 4.01. The molecule has 102 valence electrons. The molecule has 0 amide bonds. The first-order valence-corrected chi connectivity index (χ1v) is 7.96. The van der Waals surface area contributed by atoms with E-state index < -0.39 is 0 Å². The number of thioether (sulfide) groups is 1. The molecule has 0 spiro atoms. The molecule has 1 aliphatic carbocycles. The Morgan fingerprint density at radius 3 is 2.94 bits per heavy atom. The number of hydrogen-bond acceptors (Lipinski definition) is 3. The minimum atomic E-state index is 0.684. The summed E-state index contributed by atoms with van der Waals surface area (Å²) >= 11 is 1.98. The van der Waals surface area contributed by atoms with Gasteiger partial charge in [0.15, 0.2) is 0 Å². The summed E-state index contributed by atoms with van der Waals surface area (Å²) in [5.74, 6) is 1.59. The van der Waals surface area contributed by atoms with Gasteiger partial charge < -0.3 is 5.73 Å². The van der Waals surface area contributed by atoms with Crippen LogP contribution in [0.25, 0.3) is 0 Å². The van der Waals surface area contributed by atoms with Gasteiger partial charge in [-0.15, -0.1) is 11.8 Å². The maximum atomic E-state index is 5.94. The molecule has 1 aromatic heterocycles. The summed E-state index contributed by atoms with van der Waals surface area (Å²) in [6.45, 7) is 3.12. The SMILES string of the molecule is CCCC1CCC(CN)C(Sc2cnn(C)c2)C1. The molecule has 1 aromatic rings. The van der Waals surface area contributed by atoms with Crippen molar-refractivity contribution >= 4 is 11.8 Å². The molecule has 0 aliphatic heterocycles. The van der Waals surface area contributed by atoms with Crippen LogP contribution >= 0.6 is 11.8 Å². The van der Waals surface area contributed by atoms with Gasteiger partial charge in [0, 0.05) is 23.4 Å². The molecule has 0 aromatic carbocycles. The Bertz CT molecular complexity index is 364. The minimum Gasteiger partial charge on any atom is -0.330 e. The first-order chi connectivity index (χ1) is 8.72. The standard InChI is InChI=1S/C14H25N3S/c1-3-4-11-5-6-12(8-15)14(7-11)18-13-9-16-17(2)10-13/h9-12,14H,3-8,15H2,1-2H3. The summed E-state index contributed by atoms with van der Waals surface area (Å²) in [5, 5.41) is 4.94. The van der Waals surface area contributed by atoms with Gasteiger partial charge in [-0.1, -0.05) is 26.2 Å². The molecule has 18 heavy (non-hydrogen) atoms. The third-order valence-corrected chi connectivity index (χ3v) is 5.37. The van der Waals surface area contributed by atoms with E-state index in [0.717, 1.165) is 12.5 Å². The summed E-state index contributed by atoms with van der Waals surface area (Å²) in [6.07, 6.45) is 10.8. The van der Waals surface area contributed by atoms with Crippen LogP contribution < -0.4 is 5.73 Å². The van der Waals surface area contributed by atoms with Crippen molar-refractivity contribution in [1.82, 2.24) is 9.78 Å². The maximum Gasteiger partial charge on any atom is 0.0625 e. The van der Waals surface area contributed by atoms with Crippen LogP contribution in [0.3, 0.4) is 0 Å². The molecule has 1 fully saturated rings. The van der Waals surface area contributed by atoms with Crippen molar-refractivity contribution in [2.75, 3.05) is 6.54 Å². The molecule has 0 bridgehead atoms. The van der Waals surface area contributed by atoms with Gasteiger partial charge in [0.1, 0.15) is 0 Å². The Morgan fingerprint density at radius 2 is 2.33 bits per heavy atom. The zero-order valence-corrected chi connectivity index (χ0v) is 12.3. The fraction of sp³-hybridized carbons (Fsp3) is 0.786. The number of aromatic nitrogens is 2. The van der Waals surface area contributed by atoms with E-state index in [1.807, 2.05) is 29.7 Å². The Morgan fingerprint density at radius 1 is 1.50 bits per heavy atom. The Kier molecular flexibility index (Phi) is 5.13. The second-order valence-corrected chi connectivity index (χ2v) is 6.78. The van der Waals surface area contributed by atoms with Crippen molar-refractivity contribution in [2.45, 2.75) is 49.2 Å². The fourth-order valence-electron chi connectivity index (χ4n) is 2.99. The zero-order valence-electron chi connectivity index (χ0n) is 11.5. The van der Waals surface area contributed by atoms with Crippen LogP contribution in [0.15, 0.2) is 17.3 Å². The average molecular weight is 267 g/mol. The molecule has 1 saturated carbocycles. The molecule has 0 radical (unpaired) electrons. The first kappa shape index (κ1) is 13.9. The Balaban J connectivity index is 1.97. The number of aryl methyl sites for hydroxylation is 1. The summed E-state index contributed by atoms with van der Waals surface area (Å²) in [4.78, 5) is 1.29.